The Morgan fingerprint density at radius 1 is 1.18 bits per heavy atom. The lowest BCUT2D eigenvalue weighted by atomic mass is 9.81. The third-order valence-corrected chi connectivity index (χ3v) is 2.90. The maximum absolute atomic E-state index is 11.9. The summed E-state index contributed by atoms with van der Waals surface area (Å²) in [7, 11) is 0. The molecule has 0 radical (unpaired) electrons. The van der Waals surface area contributed by atoms with Crippen molar-refractivity contribution < 1.29 is 28.1 Å². The molecule has 6 heteroatoms. The minimum atomic E-state index is -4.36. The van der Waals surface area contributed by atoms with E-state index in [1.807, 2.05) is 0 Å². The second-order valence-electron chi connectivity index (χ2n) is 4.39. The summed E-state index contributed by atoms with van der Waals surface area (Å²) >= 11 is 0. The molecule has 3 nitrogen and oxygen atoms in total. The van der Waals surface area contributed by atoms with Gasteiger partial charge in [-0.05, 0) is 19.3 Å². The molecule has 2 atom stereocenters. The largest absolute Gasteiger partial charge is 0.411 e. The van der Waals surface area contributed by atoms with Gasteiger partial charge in [0, 0.05) is 5.41 Å². The highest BCUT2D eigenvalue weighted by Crippen LogP contribution is 2.29. The predicted octanol–water partition coefficient (Wildman–Crippen LogP) is 2.12. The average molecular weight is 258 g/mol. The molecule has 104 valence electrons. The fourth-order valence-electron chi connectivity index (χ4n) is 1.55. The zero-order valence-electron chi connectivity index (χ0n) is 10.3. The average Bonchev–Trinajstić information content (AvgIpc) is 2.25. The van der Waals surface area contributed by atoms with E-state index in [1.54, 1.807) is 13.8 Å². The molecule has 0 amide bonds. The molecule has 17 heavy (non-hydrogen) atoms. The van der Waals surface area contributed by atoms with E-state index < -0.39 is 24.3 Å². The second-order valence-corrected chi connectivity index (χ2v) is 4.39. The van der Waals surface area contributed by atoms with Gasteiger partial charge in [-0.2, -0.15) is 13.2 Å². The molecule has 0 saturated carbocycles. The first-order chi connectivity index (χ1) is 7.78. The van der Waals surface area contributed by atoms with Crippen LogP contribution in [0.3, 0.4) is 0 Å². The Balaban J connectivity index is 4.30. The molecular formula is C11H21F3O3. The van der Waals surface area contributed by atoms with E-state index in [2.05, 4.69) is 4.74 Å². The number of rotatable bonds is 8. The molecule has 2 N–H and O–H groups in total. The van der Waals surface area contributed by atoms with Crippen molar-refractivity contribution in [2.24, 2.45) is 5.41 Å². The van der Waals surface area contributed by atoms with Crippen LogP contribution < -0.4 is 0 Å². The summed E-state index contributed by atoms with van der Waals surface area (Å²) in [5.41, 5.74) is -0.791. The zero-order valence-corrected chi connectivity index (χ0v) is 10.3. The van der Waals surface area contributed by atoms with Gasteiger partial charge in [0.05, 0.1) is 19.3 Å². The number of aliphatic hydroxyl groups is 2. The predicted molar refractivity (Wildman–Crippen MR) is 57.6 cm³/mol. The molecule has 0 aliphatic rings. The topological polar surface area (TPSA) is 49.7 Å². The van der Waals surface area contributed by atoms with Gasteiger partial charge in [0.2, 0.25) is 0 Å². The monoisotopic (exact) mass is 258 g/mol. The van der Waals surface area contributed by atoms with Crippen LogP contribution in [0.1, 0.15) is 33.1 Å². The summed E-state index contributed by atoms with van der Waals surface area (Å²) in [6.45, 7) is 1.72. The van der Waals surface area contributed by atoms with Crippen LogP contribution in [-0.4, -0.2) is 42.3 Å². The second kappa shape index (κ2) is 7.18. The van der Waals surface area contributed by atoms with Crippen LogP contribution in [-0.2, 0) is 4.74 Å². The third kappa shape index (κ3) is 6.85. The zero-order chi connectivity index (χ0) is 13.5. The van der Waals surface area contributed by atoms with Gasteiger partial charge in [-0.3, -0.25) is 0 Å². The van der Waals surface area contributed by atoms with Crippen molar-refractivity contribution >= 4 is 0 Å². The van der Waals surface area contributed by atoms with Crippen LogP contribution in [0, 0.1) is 5.41 Å². The number of halogens is 3. The van der Waals surface area contributed by atoms with Gasteiger partial charge in [0.1, 0.15) is 6.61 Å². The highest BCUT2D eigenvalue weighted by molar-refractivity contribution is 4.80. The van der Waals surface area contributed by atoms with Gasteiger partial charge in [0.25, 0.3) is 0 Å². The molecule has 0 spiro atoms. The van der Waals surface area contributed by atoms with Gasteiger partial charge >= 0.3 is 6.18 Å². The Kier molecular flexibility index (Phi) is 7.04. The number of aliphatic hydroxyl groups excluding tert-OH is 2. The van der Waals surface area contributed by atoms with Crippen LogP contribution in [0.2, 0.25) is 0 Å². The molecule has 0 fully saturated rings. The van der Waals surface area contributed by atoms with E-state index >= 15 is 0 Å². The molecule has 0 heterocycles. The quantitative estimate of drug-likeness (QED) is 0.701. The van der Waals surface area contributed by atoms with E-state index in [0.717, 1.165) is 0 Å². The number of ether oxygens (including phenoxy) is 1. The molecule has 0 bridgehead atoms. The molecule has 0 aromatic carbocycles. The Morgan fingerprint density at radius 2 is 1.76 bits per heavy atom. The van der Waals surface area contributed by atoms with Crippen molar-refractivity contribution in [1.82, 2.24) is 0 Å². The highest BCUT2D eigenvalue weighted by atomic mass is 19.4. The van der Waals surface area contributed by atoms with Gasteiger partial charge in [-0.1, -0.05) is 13.8 Å². The molecule has 2 unspecified atom stereocenters. The molecular weight excluding hydrogens is 237 g/mol. The first-order valence-corrected chi connectivity index (χ1v) is 5.72. The van der Waals surface area contributed by atoms with Crippen molar-refractivity contribution in [3.8, 4) is 0 Å². The van der Waals surface area contributed by atoms with Gasteiger partial charge in [-0.25, -0.2) is 0 Å². The maximum Gasteiger partial charge on any atom is 0.411 e. The van der Waals surface area contributed by atoms with E-state index in [-0.39, 0.29) is 19.6 Å². The Labute approximate surface area is 99.6 Å². The van der Waals surface area contributed by atoms with Crippen molar-refractivity contribution in [3.05, 3.63) is 0 Å². The SMILES string of the molecule is CCC(O)CC(CC)(CO)COCC(F)(F)F. The minimum absolute atomic E-state index is 0.198. The first kappa shape index (κ1) is 16.7. The normalized spacial score (nSPS) is 17.8. The van der Waals surface area contributed by atoms with Crippen molar-refractivity contribution in [3.63, 3.8) is 0 Å². The summed E-state index contributed by atoms with van der Waals surface area (Å²) in [5.74, 6) is 0. The van der Waals surface area contributed by atoms with Crippen LogP contribution in [0.4, 0.5) is 13.2 Å². The van der Waals surface area contributed by atoms with Crippen molar-refractivity contribution in [2.45, 2.75) is 45.4 Å². The number of alkyl halides is 3. The summed E-state index contributed by atoms with van der Waals surface area (Å²) in [4.78, 5) is 0. The lowest BCUT2D eigenvalue weighted by Crippen LogP contribution is -2.36. The third-order valence-electron chi connectivity index (χ3n) is 2.90. The molecule has 0 aromatic rings. The van der Waals surface area contributed by atoms with Crippen molar-refractivity contribution in [2.75, 3.05) is 19.8 Å². The highest BCUT2D eigenvalue weighted by Gasteiger charge is 2.33. The fraction of sp³-hybridized carbons (Fsp3) is 1.00. The summed E-state index contributed by atoms with van der Waals surface area (Å²) < 4.78 is 40.4. The summed E-state index contributed by atoms with van der Waals surface area (Å²) in [5, 5.41) is 18.8. The number of hydrogen-bond donors (Lipinski definition) is 2. The van der Waals surface area contributed by atoms with Gasteiger partial charge in [0.15, 0.2) is 0 Å². The van der Waals surface area contributed by atoms with Crippen LogP contribution >= 0.6 is 0 Å². The minimum Gasteiger partial charge on any atom is -0.396 e. The van der Waals surface area contributed by atoms with Crippen LogP contribution in [0.5, 0.6) is 0 Å². The van der Waals surface area contributed by atoms with Gasteiger partial charge < -0.3 is 14.9 Å². The molecule has 0 aromatic heterocycles. The standard InChI is InChI=1S/C11H21F3O3/c1-3-9(16)5-10(4-2,6-15)7-17-8-11(12,13)14/h9,15-16H,3-8H2,1-2H3. The Hall–Kier alpha value is -0.330. The summed E-state index contributed by atoms with van der Waals surface area (Å²) in [6.07, 6.45) is -3.79. The lowest BCUT2D eigenvalue weighted by Gasteiger charge is -2.32. The Morgan fingerprint density at radius 3 is 2.12 bits per heavy atom. The van der Waals surface area contributed by atoms with Crippen LogP contribution in [0.15, 0.2) is 0 Å². The van der Waals surface area contributed by atoms with Gasteiger partial charge in [-0.15, -0.1) is 0 Å². The number of hydrogen-bond acceptors (Lipinski definition) is 3. The van der Waals surface area contributed by atoms with Crippen molar-refractivity contribution in [1.29, 1.82) is 0 Å². The summed E-state index contributed by atoms with van der Waals surface area (Å²) in [6, 6.07) is 0. The fourth-order valence-corrected chi connectivity index (χ4v) is 1.55. The maximum atomic E-state index is 11.9. The first-order valence-electron chi connectivity index (χ1n) is 5.72. The molecule has 0 aliphatic heterocycles. The van der Waals surface area contributed by atoms with E-state index in [1.165, 1.54) is 0 Å². The molecule has 0 saturated heterocycles. The van der Waals surface area contributed by atoms with E-state index in [4.69, 9.17) is 0 Å². The van der Waals surface area contributed by atoms with Crippen LogP contribution in [0.25, 0.3) is 0 Å². The lowest BCUT2D eigenvalue weighted by molar-refractivity contribution is -0.184. The van der Waals surface area contributed by atoms with E-state index in [0.29, 0.717) is 12.8 Å². The molecule has 0 aliphatic carbocycles. The Bertz CT molecular complexity index is 203. The smallest absolute Gasteiger partial charge is 0.396 e. The molecule has 0 rings (SSSR count). The van der Waals surface area contributed by atoms with E-state index in [9.17, 15) is 23.4 Å².